The van der Waals surface area contributed by atoms with Crippen molar-refractivity contribution in [2.75, 3.05) is 0 Å². The predicted octanol–water partition coefficient (Wildman–Crippen LogP) is 4.61. The highest BCUT2D eigenvalue weighted by atomic mass is 14.0. The highest BCUT2D eigenvalue weighted by Crippen LogP contribution is 2.26. The quantitative estimate of drug-likeness (QED) is 0.471. The van der Waals surface area contributed by atoms with Crippen molar-refractivity contribution in [2.24, 2.45) is 0 Å². The fraction of sp³-hybridized carbons (Fsp3) is 0.125. The summed E-state index contributed by atoms with van der Waals surface area (Å²) in [5.74, 6) is 0. The lowest BCUT2D eigenvalue weighted by Gasteiger charge is -2.05. The molecule has 0 aromatic heterocycles. The van der Waals surface area contributed by atoms with Crippen LogP contribution in [0.2, 0.25) is 0 Å². The van der Waals surface area contributed by atoms with Crippen molar-refractivity contribution in [2.45, 2.75) is 13.8 Å². The molecule has 0 unspecified atom stereocenters. The second-order valence-corrected chi connectivity index (χ2v) is 4.51. The molecule has 16 heavy (non-hydrogen) atoms. The predicted molar refractivity (Wildman–Crippen MR) is 70.9 cm³/mol. The molecular weight excluding hydrogens is 192 g/mol. The van der Waals surface area contributed by atoms with E-state index in [9.17, 15) is 0 Å². The fourth-order valence-electron chi connectivity index (χ4n) is 2.31. The van der Waals surface area contributed by atoms with Crippen molar-refractivity contribution in [1.82, 2.24) is 0 Å². The minimum atomic E-state index is 1.32. The molecule has 0 heterocycles. The minimum Gasteiger partial charge on any atom is -0.0587 e. The van der Waals surface area contributed by atoms with Gasteiger partial charge in [-0.1, -0.05) is 59.7 Å². The van der Waals surface area contributed by atoms with Gasteiger partial charge in [0.2, 0.25) is 0 Å². The topological polar surface area (TPSA) is 0 Å². The lowest BCUT2D eigenvalue weighted by molar-refractivity contribution is 1.50. The Morgan fingerprint density at radius 3 is 1.44 bits per heavy atom. The summed E-state index contributed by atoms with van der Waals surface area (Å²) in [5.41, 5.74) is 2.64. The molecule has 0 saturated carbocycles. The van der Waals surface area contributed by atoms with Crippen molar-refractivity contribution in [3.8, 4) is 0 Å². The SMILES string of the molecule is Cc1ccc2c(ccc3cc(C)ccc32)c1. The van der Waals surface area contributed by atoms with Crippen LogP contribution in [0.4, 0.5) is 0 Å². The maximum atomic E-state index is 2.24. The van der Waals surface area contributed by atoms with Crippen LogP contribution in [0.1, 0.15) is 11.1 Å². The van der Waals surface area contributed by atoms with Gasteiger partial charge in [0.15, 0.2) is 0 Å². The van der Waals surface area contributed by atoms with E-state index in [1.54, 1.807) is 0 Å². The van der Waals surface area contributed by atoms with Crippen LogP contribution in [0.15, 0.2) is 48.5 Å². The summed E-state index contributed by atoms with van der Waals surface area (Å²) in [5, 5.41) is 5.36. The smallest absolute Gasteiger partial charge is 0.0105 e. The zero-order valence-corrected chi connectivity index (χ0v) is 9.62. The standard InChI is InChI=1S/C16H14/c1-11-3-7-15-13(9-11)5-6-14-10-12(2)4-8-16(14)15/h3-10H,1-2H3. The van der Waals surface area contributed by atoms with E-state index in [4.69, 9.17) is 0 Å². The first-order valence-electron chi connectivity index (χ1n) is 5.64. The molecule has 78 valence electrons. The molecule has 0 amide bonds. The zero-order valence-electron chi connectivity index (χ0n) is 9.62. The summed E-state index contributed by atoms with van der Waals surface area (Å²) in [6, 6.07) is 17.7. The van der Waals surface area contributed by atoms with E-state index < -0.39 is 0 Å². The molecule has 0 spiro atoms. The summed E-state index contributed by atoms with van der Waals surface area (Å²) in [6.45, 7) is 4.28. The number of rotatable bonds is 0. The second-order valence-electron chi connectivity index (χ2n) is 4.51. The molecule has 0 radical (unpaired) electrons. The van der Waals surface area contributed by atoms with Crippen LogP contribution in [0.25, 0.3) is 21.5 Å². The Morgan fingerprint density at radius 2 is 1.00 bits per heavy atom. The maximum absolute atomic E-state index is 2.24. The molecule has 0 aliphatic rings. The average Bonchev–Trinajstić information content (AvgIpc) is 2.28. The molecule has 0 N–H and O–H groups in total. The molecule has 0 saturated heterocycles. The third kappa shape index (κ3) is 1.38. The van der Waals surface area contributed by atoms with Crippen LogP contribution in [-0.4, -0.2) is 0 Å². The molecule has 3 aromatic carbocycles. The number of hydrogen-bond acceptors (Lipinski definition) is 0. The van der Waals surface area contributed by atoms with E-state index in [-0.39, 0.29) is 0 Å². The number of fused-ring (bicyclic) bond motifs is 3. The highest BCUT2D eigenvalue weighted by Gasteiger charge is 2.00. The zero-order chi connectivity index (χ0) is 11.1. The second kappa shape index (κ2) is 3.34. The van der Waals surface area contributed by atoms with E-state index in [0.717, 1.165) is 0 Å². The van der Waals surface area contributed by atoms with Gasteiger partial charge in [0.1, 0.15) is 0 Å². The molecule has 0 aliphatic carbocycles. The molecule has 0 aliphatic heterocycles. The first-order valence-corrected chi connectivity index (χ1v) is 5.64. The van der Waals surface area contributed by atoms with E-state index in [1.165, 1.54) is 32.7 Å². The number of benzene rings is 3. The maximum Gasteiger partial charge on any atom is -0.0105 e. The summed E-state index contributed by atoms with van der Waals surface area (Å²) >= 11 is 0. The molecular formula is C16H14. The summed E-state index contributed by atoms with van der Waals surface area (Å²) in [6.07, 6.45) is 0. The van der Waals surface area contributed by atoms with Crippen molar-refractivity contribution in [1.29, 1.82) is 0 Å². The Morgan fingerprint density at radius 1 is 0.562 bits per heavy atom. The van der Waals surface area contributed by atoms with Crippen molar-refractivity contribution >= 4 is 21.5 Å². The van der Waals surface area contributed by atoms with E-state index in [1.807, 2.05) is 0 Å². The first kappa shape index (κ1) is 9.41. The lowest BCUT2D eigenvalue weighted by atomic mass is 9.99. The van der Waals surface area contributed by atoms with Gasteiger partial charge in [0.25, 0.3) is 0 Å². The lowest BCUT2D eigenvalue weighted by Crippen LogP contribution is -1.80. The monoisotopic (exact) mass is 206 g/mol. The van der Waals surface area contributed by atoms with Gasteiger partial charge in [-0.25, -0.2) is 0 Å². The van der Waals surface area contributed by atoms with Gasteiger partial charge >= 0.3 is 0 Å². The van der Waals surface area contributed by atoms with Crippen LogP contribution in [0, 0.1) is 13.8 Å². The minimum absolute atomic E-state index is 1.32. The normalized spacial score (nSPS) is 11.1. The Labute approximate surface area is 95.5 Å². The van der Waals surface area contributed by atoms with Gasteiger partial charge in [-0.15, -0.1) is 0 Å². The average molecular weight is 206 g/mol. The van der Waals surface area contributed by atoms with Crippen LogP contribution >= 0.6 is 0 Å². The van der Waals surface area contributed by atoms with E-state index in [0.29, 0.717) is 0 Å². The van der Waals surface area contributed by atoms with E-state index >= 15 is 0 Å². The molecule has 0 bridgehead atoms. The van der Waals surface area contributed by atoms with Crippen LogP contribution in [0.5, 0.6) is 0 Å². The van der Waals surface area contributed by atoms with Crippen molar-refractivity contribution < 1.29 is 0 Å². The number of aryl methyl sites for hydroxylation is 2. The van der Waals surface area contributed by atoms with Gasteiger partial charge in [-0.2, -0.15) is 0 Å². The first-order chi connectivity index (χ1) is 7.74. The van der Waals surface area contributed by atoms with Crippen LogP contribution < -0.4 is 0 Å². The number of hydrogen-bond donors (Lipinski definition) is 0. The van der Waals surface area contributed by atoms with Crippen molar-refractivity contribution in [3.63, 3.8) is 0 Å². The Balaban J connectivity index is 2.50. The van der Waals surface area contributed by atoms with Gasteiger partial charge < -0.3 is 0 Å². The molecule has 0 fully saturated rings. The molecule has 0 nitrogen and oxygen atoms in total. The Hall–Kier alpha value is -1.82. The largest absolute Gasteiger partial charge is 0.0587 e. The van der Waals surface area contributed by atoms with Gasteiger partial charge in [-0.05, 0) is 35.4 Å². The van der Waals surface area contributed by atoms with Crippen molar-refractivity contribution in [3.05, 3.63) is 59.7 Å². The summed E-state index contributed by atoms with van der Waals surface area (Å²) in [7, 11) is 0. The molecule has 3 aromatic rings. The van der Waals surface area contributed by atoms with E-state index in [2.05, 4.69) is 62.4 Å². The van der Waals surface area contributed by atoms with Crippen LogP contribution in [-0.2, 0) is 0 Å². The molecule has 0 atom stereocenters. The van der Waals surface area contributed by atoms with Gasteiger partial charge in [-0.3, -0.25) is 0 Å². The summed E-state index contributed by atoms with van der Waals surface area (Å²) < 4.78 is 0. The summed E-state index contributed by atoms with van der Waals surface area (Å²) in [4.78, 5) is 0. The van der Waals surface area contributed by atoms with Gasteiger partial charge in [0, 0.05) is 0 Å². The third-order valence-electron chi connectivity index (χ3n) is 3.15. The highest BCUT2D eigenvalue weighted by molar-refractivity contribution is 6.07. The Kier molecular flexibility index (Phi) is 1.97. The molecule has 3 rings (SSSR count). The fourth-order valence-corrected chi connectivity index (χ4v) is 2.31. The van der Waals surface area contributed by atoms with Crippen LogP contribution in [0.3, 0.4) is 0 Å². The third-order valence-corrected chi connectivity index (χ3v) is 3.15. The van der Waals surface area contributed by atoms with Gasteiger partial charge in [0.05, 0.1) is 0 Å². The Bertz CT molecular complexity index is 617. The molecule has 0 heteroatoms.